The second-order valence-electron chi connectivity index (χ2n) is 9.98. The molecule has 0 bridgehead atoms. The van der Waals surface area contributed by atoms with Crippen LogP contribution in [0.2, 0.25) is 0 Å². The van der Waals surface area contributed by atoms with Gasteiger partial charge in [-0.05, 0) is 49.1 Å². The molecular weight excluding hydrogens is 440 g/mol. The summed E-state index contributed by atoms with van der Waals surface area (Å²) in [4.78, 5) is 33.7. The number of pyridine rings is 2. The molecule has 0 spiro atoms. The fourth-order valence-electron chi connectivity index (χ4n) is 6.14. The van der Waals surface area contributed by atoms with E-state index < -0.39 is 6.04 Å². The number of aliphatic hydroxyl groups is 1. The Morgan fingerprint density at radius 3 is 2.54 bits per heavy atom. The van der Waals surface area contributed by atoms with Gasteiger partial charge in [0.05, 0.1) is 17.8 Å². The van der Waals surface area contributed by atoms with Gasteiger partial charge in [-0.25, -0.2) is 0 Å². The first-order valence-electron chi connectivity index (χ1n) is 12.5. The Morgan fingerprint density at radius 2 is 1.86 bits per heavy atom. The van der Waals surface area contributed by atoms with Crippen LogP contribution in [0.1, 0.15) is 36.7 Å². The minimum absolute atomic E-state index is 0.0196. The van der Waals surface area contributed by atoms with Crippen LogP contribution in [-0.2, 0) is 17.9 Å². The second-order valence-corrected chi connectivity index (χ2v) is 9.98. The highest BCUT2D eigenvalue weighted by atomic mass is 16.3. The van der Waals surface area contributed by atoms with Crippen LogP contribution in [0, 0.1) is 11.8 Å². The maximum absolute atomic E-state index is 13.6. The van der Waals surface area contributed by atoms with E-state index in [9.17, 15) is 14.7 Å². The van der Waals surface area contributed by atoms with Crippen molar-refractivity contribution >= 4 is 5.91 Å². The standard InChI is InChI=1S/C28H30N4O3/c33-17-23-22-16-31-24(13-12-21(28(31)35)18-7-2-1-3-8-18)25(22)32(15-20-9-4-5-14-29-20)26(23)27(34)30-19-10-6-11-19/h1-5,7-9,12-14,19,22-23,25-26,33H,6,10-11,15-17H2,(H,30,34)/t22-,23-,25+,26-/m0/s1. The lowest BCUT2D eigenvalue weighted by Crippen LogP contribution is -2.52. The Kier molecular flexibility index (Phi) is 5.74. The van der Waals surface area contributed by atoms with Crippen LogP contribution >= 0.6 is 0 Å². The van der Waals surface area contributed by atoms with Crippen LogP contribution in [0.4, 0.5) is 0 Å². The molecule has 1 amide bonds. The van der Waals surface area contributed by atoms with Crippen molar-refractivity contribution in [1.82, 2.24) is 19.8 Å². The van der Waals surface area contributed by atoms with Crippen molar-refractivity contribution in [3.8, 4) is 11.1 Å². The van der Waals surface area contributed by atoms with E-state index in [2.05, 4.69) is 15.2 Å². The third kappa shape index (κ3) is 3.79. The van der Waals surface area contributed by atoms with Crippen molar-refractivity contribution in [3.05, 3.63) is 88.6 Å². The average Bonchev–Trinajstić information content (AvgIpc) is 3.38. The van der Waals surface area contributed by atoms with E-state index in [4.69, 9.17) is 0 Å². The van der Waals surface area contributed by atoms with Gasteiger partial charge in [0.15, 0.2) is 0 Å². The van der Waals surface area contributed by atoms with Gasteiger partial charge in [-0.15, -0.1) is 0 Å². The van der Waals surface area contributed by atoms with E-state index in [1.54, 1.807) is 6.20 Å². The second kappa shape index (κ2) is 9.06. The van der Waals surface area contributed by atoms with Crippen LogP contribution in [0.15, 0.2) is 71.7 Å². The fourth-order valence-corrected chi connectivity index (χ4v) is 6.14. The Balaban J connectivity index is 1.40. The minimum Gasteiger partial charge on any atom is -0.396 e. The summed E-state index contributed by atoms with van der Waals surface area (Å²) in [6.07, 6.45) is 4.92. The lowest BCUT2D eigenvalue weighted by molar-refractivity contribution is -0.129. The van der Waals surface area contributed by atoms with Gasteiger partial charge in [-0.1, -0.05) is 36.4 Å². The van der Waals surface area contributed by atoms with E-state index in [1.807, 2.05) is 65.2 Å². The number of hydrogen-bond donors (Lipinski definition) is 2. The first-order chi connectivity index (χ1) is 17.2. The summed E-state index contributed by atoms with van der Waals surface area (Å²) in [7, 11) is 0. The molecule has 4 heterocycles. The maximum Gasteiger partial charge on any atom is 0.258 e. The highest BCUT2D eigenvalue weighted by Gasteiger charge is 2.55. The van der Waals surface area contributed by atoms with Crippen molar-refractivity contribution in [2.24, 2.45) is 11.8 Å². The first-order valence-corrected chi connectivity index (χ1v) is 12.5. The van der Waals surface area contributed by atoms with Gasteiger partial charge in [0, 0.05) is 55.0 Å². The maximum atomic E-state index is 13.6. The summed E-state index contributed by atoms with van der Waals surface area (Å²) < 4.78 is 1.85. The van der Waals surface area contributed by atoms with Crippen molar-refractivity contribution < 1.29 is 9.90 Å². The van der Waals surface area contributed by atoms with Gasteiger partial charge in [0.1, 0.15) is 0 Å². The summed E-state index contributed by atoms with van der Waals surface area (Å²) in [5, 5.41) is 13.7. The first kappa shape index (κ1) is 22.2. The summed E-state index contributed by atoms with van der Waals surface area (Å²) >= 11 is 0. The molecule has 0 unspecified atom stereocenters. The van der Waals surface area contributed by atoms with Gasteiger partial charge in [-0.2, -0.15) is 0 Å². The highest BCUT2D eigenvalue weighted by molar-refractivity contribution is 5.83. The zero-order valence-corrected chi connectivity index (χ0v) is 19.6. The molecule has 2 fully saturated rings. The number of likely N-dealkylation sites (tertiary alicyclic amines) is 1. The van der Waals surface area contributed by atoms with Crippen LogP contribution in [0.25, 0.3) is 11.1 Å². The van der Waals surface area contributed by atoms with E-state index in [-0.39, 0.29) is 42.0 Å². The van der Waals surface area contributed by atoms with Crippen LogP contribution in [0.3, 0.4) is 0 Å². The molecule has 4 atom stereocenters. The Labute approximate surface area is 204 Å². The van der Waals surface area contributed by atoms with Gasteiger partial charge in [0.2, 0.25) is 5.91 Å². The Hall–Kier alpha value is -3.29. The highest BCUT2D eigenvalue weighted by Crippen LogP contribution is 2.50. The van der Waals surface area contributed by atoms with Crippen molar-refractivity contribution in [3.63, 3.8) is 0 Å². The Morgan fingerprint density at radius 1 is 1.06 bits per heavy atom. The lowest BCUT2D eigenvalue weighted by Gasteiger charge is -2.34. The molecule has 1 saturated heterocycles. The number of hydrogen-bond acceptors (Lipinski definition) is 5. The summed E-state index contributed by atoms with van der Waals surface area (Å²) in [5.74, 6) is -0.309. The Bertz CT molecular complexity index is 1270. The average molecular weight is 471 g/mol. The van der Waals surface area contributed by atoms with E-state index in [1.165, 1.54) is 0 Å². The molecule has 7 heteroatoms. The monoisotopic (exact) mass is 470 g/mol. The van der Waals surface area contributed by atoms with E-state index in [0.29, 0.717) is 18.7 Å². The lowest BCUT2D eigenvalue weighted by atomic mass is 9.87. The molecule has 2 aromatic heterocycles. The normalized spacial score (nSPS) is 25.6. The molecular formula is C28H30N4O3. The summed E-state index contributed by atoms with van der Waals surface area (Å²) in [5.41, 5.74) is 3.33. The van der Waals surface area contributed by atoms with Crippen molar-refractivity contribution in [2.75, 3.05) is 6.61 Å². The largest absolute Gasteiger partial charge is 0.396 e. The summed E-state index contributed by atoms with van der Waals surface area (Å²) in [6, 6.07) is 19.0. The van der Waals surface area contributed by atoms with Gasteiger partial charge >= 0.3 is 0 Å². The third-order valence-corrected chi connectivity index (χ3v) is 8.07. The molecule has 3 aromatic rings. The molecule has 1 aromatic carbocycles. The molecule has 180 valence electrons. The predicted molar refractivity (Wildman–Crippen MR) is 132 cm³/mol. The minimum atomic E-state index is -0.463. The van der Waals surface area contributed by atoms with Crippen LogP contribution < -0.4 is 10.9 Å². The number of amides is 1. The zero-order valence-electron chi connectivity index (χ0n) is 19.6. The number of aromatic nitrogens is 2. The van der Waals surface area contributed by atoms with Gasteiger partial charge < -0.3 is 15.0 Å². The number of carbonyl (C=O) groups excluding carboxylic acids is 1. The SMILES string of the molecule is O=C(NC1CCC1)[C@@H]1[C@@H](CO)[C@@H]2Cn3c(ccc(-c4ccccc4)c3=O)[C@@H]2N1Cc1ccccn1. The van der Waals surface area contributed by atoms with Gasteiger partial charge in [0.25, 0.3) is 5.56 Å². The smallest absolute Gasteiger partial charge is 0.258 e. The number of nitrogens with one attached hydrogen (secondary N) is 1. The van der Waals surface area contributed by atoms with Crippen LogP contribution in [0.5, 0.6) is 0 Å². The number of nitrogens with zero attached hydrogens (tertiary/aromatic N) is 3. The van der Waals surface area contributed by atoms with Crippen LogP contribution in [-0.4, -0.2) is 44.2 Å². The molecule has 1 aliphatic carbocycles. The quantitative estimate of drug-likeness (QED) is 0.579. The molecule has 35 heavy (non-hydrogen) atoms. The van der Waals surface area contributed by atoms with Crippen molar-refractivity contribution in [1.29, 1.82) is 0 Å². The number of carbonyl (C=O) groups is 1. The molecule has 0 radical (unpaired) electrons. The topological polar surface area (TPSA) is 87.5 Å². The molecule has 7 nitrogen and oxygen atoms in total. The number of aliphatic hydroxyl groups excluding tert-OH is 1. The zero-order chi connectivity index (χ0) is 23.9. The van der Waals surface area contributed by atoms with Crippen molar-refractivity contribution in [2.45, 2.75) is 50.5 Å². The molecule has 3 aliphatic rings. The van der Waals surface area contributed by atoms with E-state index in [0.717, 1.165) is 36.2 Å². The fraction of sp³-hybridized carbons (Fsp3) is 0.393. The number of rotatable bonds is 6. The number of benzene rings is 1. The molecule has 2 aliphatic heterocycles. The molecule has 2 N–H and O–H groups in total. The molecule has 1 saturated carbocycles. The third-order valence-electron chi connectivity index (χ3n) is 8.07. The summed E-state index contributed by atoms with van der Waals surface area (Å²) in [6.45, 7) is 0.878. The predicted octanol–water partition coefficient (Wildman–Crippen LogP) is 2.74. The number of fused-ring (bicyclic) bond motifs is 3. The van der Waals surface area contributed by atoms with Gasteiger partial charge in [-0.3, -0.25) is 19.5 Å². The van der Waals surface area contributed by atoms with E-state index >= 15 is 0 Å². The molecule has 6 rings (SSSR count).